The Morgan fingerprint density at radius 2 is 2.44 bits per heavy atom. The van der Waals surface area contributed by atoms with E-state index < -0.39 is 0 Å². The first-order chi connectivity index (χ1) is 8.84. The third kappa shape index (κ3) is 2.25. The zero-order chi connectivity index (χ0) is 12.4. The molecule has 0 spiro atoms. The van der Waals surface area contributed by atoms with Crippen LogP contribution in [0.5, 0.6) is 0 Å². The number of carbonyl (C=O) groups excluding carboxylic acids is 1. The smallest absolute Gasteiger partial charge is 0.227 e. The van der Waals surface area contributed by atoms with Crippen LogP contribution in [-0.4, -0.2) is 35.4 Å². The molecule has 3 rings (SSSR count). The van der Waals surface area contributed by atoms with Gasteiger partial charge in [-0.2, -0.15) is 0 Å². The Morgan fingerprint density at radius 3 is 3.28 bits per heavy atom. The highest BCUT2D eigenvalue weighted by Gasteiger charge is 2.28. The highest BCUT2D eigenvalue weighted by atomic mass is 16.2. The Bertz CT molecular complexity index is 440. The van der Waals surface area contributed by atoms with E-state index in [2.05, 4.69) is 16.4 Å². The Balaban J connectivity index is 1.69. The first-order valence-electron chi connectivity index (χ1n) is 6.77. The molecule has 0 saturated carbocycles. The molecule has 4 nitrogen and oxygen atoms in total. The number of carbonyl (C=O) groups is 1. The van der Waals surface area contributed by atoms with E-state index >= 15 is 0 Å². The molecule has 1 saturated heterocycles. The summed E-state index contributed by atoms with van der Waals surface area (Å²) in [6.07, 6.45) is 4.87. The van der Waals surface area contributed by atoms with Crippen LogP contribution in [0.3, 0.4) is 0 Å². The molecule has 0 aliphatic carbocycles. The molecule has 0 unspecified atom stereocenters. The van der Waals surface area contributed by atoms with Crippen molar-refractivity contribution in [1.29, 1.82) is 0 Å². The normalized spacial score (nSPS) is 23.6. The number of hydrogen-bond donors (Lipinski definition) is 1. The molecule has 1 fully saturated rings. The monoisotopic (exact) mass is 245 g/mol. The van der Waals surface area contributed by atoms with E-state index in [1.807, 2.05) is 17.2 Å². The number of nitrogens with zero attached hydrogens (tertiary/aromatic N) is 2. The number of hydrogen-bond acceptors (Lipinski definition) is 3. The number of nitrogens with one attached hydrogen (secondary N) is 1. The average Bonchev–Trinajstić information content (AvgIpc) is 2.47. The van der Waals surface area contributed by atoms with Gasteiger partial charge < -0.3 is 10.2 Å². The topological polar surface area (TPSA) is 45.2 Å². The van der Waals surface area contributed by atoms with Crippen LogP contribution in [0.4, 0.5) is 0 Å². The molecule has 1 atom stereocenters. The van der Waals surface area contributed by atoms with Gasteiger partial charge in [0.25, 0.3) is 0 Å². The largest absolute Gasteiger partial charge is 0.338 e. The summed E-state index contributed by atoms with van der Waals surface area (Å²) in [7, 11) is 0. The predicted octanol–water partition coefficient (Wildman–Crippen LogP) is 0.966. The van der Waals surface area contributed by atoms with Crippen molar-refractivity contribution < 1.29 is 4.79 Å². The van der Waals surface area contributed by atoms with Gasteiger partial charge in [-0.3, -0.25) is 9.78 Å². The van der Waals surface area contributed by atoms with Crippen molar-refractivity contribution >= 4 is 5.91 Å². The van der Waals surface area contributed by atoms with Gasteiger partial charge in [-0.15, -0.1) is 0 Å². The van der Waals surface area contributed by atoms with E-state index in [4.69, 9.17) is 0 Å². The van der Waals surface area contributed by atoms with Crippen LogP contribution >= 0.6 is 0 Å². The molecular weight excluding hydrogens is 226 g/mol. The lowest BCUT2D eigenvalue weighted by molar-refractivity contribution is -0.137. The number of aromatic nitrogens is 1. The Kier molecular flexibility index (Phi) is 3.28. The zero-order valence-corrected chi connectivity index (χ0v) is 10.6. The van der Waals surface area contributed by atoms with E-state index in [1.54, 1.807) is 0 Å². The second-order valence-electron chi connectivity index (χ2n) is 5.16. The van der Waals surface area contributed by atoms with Crippen LogP contribution in [0, 0.1) is 5.92 Å². The summed E-state index contributed by atoms with van der Waals surface area (Å²) in [5.41, 5.74) is 2.36. The van der Waals surface area contributed by atoms with Gasteiger partial charge in [-0.05, 0) is 31.0 Å². The second-order valence-corrected chi connectivity index (χ2v) is 5.16. The van der Waals surface area contributed by atoms with Crippen LogP contribution < -0.4 is 5.32 Å². The number of piperidine rings is 1. The lowest BCUT2D eigenvalue weighted by atomic mass is 9.96. The van der Waals surface area contributed by atoms with E-state index in [1.165, 1.54) is 5.56 Å². The molecule has 0 aromatic carbocycles. The van der Waals surface area contributed by atoms with Gasteiger partial charge in [0.15, 0.2) is 0 Å². The quantitative estimate of drug-likeness (QED) is 0.801. The maximum Gasteiger partial charge on any atom is 0.227 e. The predicted molar refractivity (Wildman–Crippen MR) is 69.0 cm³/mol. The van der Waals surface area contributed by atoms with Gasteiger partial charge in [0.05, 0.1) is 5.92 Å². The number of rotatable bonds is 1. The first-order valence-corrected chi connectivity index (χ1v) is 6.77. The van der Waals surface area contributed by atoms with Crippen molar-refractivity contribution in [2.75, 3.05) is 19.6 Å². The minimum atomic E-state index is 0.178. The zero-order valence-electron chi connectivity index (χ0n) is 10.6. The summed E-state index contributed by atoms with van der Waals surface area (Å²) in [4.78, 5) is 18.8. The van der Waals surface area contributed by atoms with Gasteiger partial charge in [0.1, 0.15) is 0 Å². The van der Waals surface area contributed by atoms with Crippen LogP contribution in [0.1, 0.15) is 24.1 Å². The van der Waals surface area contributed by atoms with E-state index in [9.17, 15) is 4.79 Å². The summed E-state index contributed by atoms with van der Waals surface area (Å²) < 4.78 is 0. The molecule has 0 bridgehead atoms. The van der Waals surface area contributed by atoms with Gasteiger partial charge in [-0.25, -0.2) is 0 Å². The van der Waals surface area contributed by atoms with Crippen LogP contribution in [0.15, 0.2) is 18.3 Å². The molecule has 96 valence electrons. The van der Waals surface area contributed by atoms with Gasteiger partial charge >= 0.3 is 0 Å². The highest BCUT2D eigenvalue weighted by Crippen LogP contribution is 2.20. The van der Waals surface area contributed by atoms with Crippen molar-refractivity contribution in [3.8, 4) is 0 Å². The van der Waals surface area contributed by atoms with Gasteiger partial charge in [-0.1, -0.05) is 6.07 Å². The third-order valence-corrected chi connectivity index (χ3v) is 3.92. The average molecular weight is 245 g/mol. The number of fused-ring (bicyclic) bond motifs is 1. The minimum absolute atomic E-state index is 0.178. The van der Waals surface area contributed by atoms with Gasteiger partial charge in [0.2, 0.25) is 5.91 Å². The fraction of sp³-hybridized carbons (Fsp3) is 0.571. The highest BCUT2D eigenvalue weighted by molar-refractivity contribution is 5.79. The van der Waals surface area contributed by atoms with Crippen molar-refractivity contribution in [1.82, 2.24) is 15.2 Å². The fourth-order valence-corrected chi connectivity index (χ4v) is 2.87. The van der Waals surface area contributed by atoms with E-state index in [0.29, 0.717) is 5.91 Å². The maximum atomic E-state index is 12.4. The minimum Gasteiger partial charge on any atom is -0.338 e. The van der Waals surface area contributed by atoms with E-state index in [0.717, 1.165) is 51.1 Å². The molecule has 2 aliphatic rings. The first kappa shape index (κ1) is 11.7. The summed E-state index contributed by atoms with van der Waals surface area (Å²) in [6.45, 7) is 3.45. The molecule has 18 heavy (non-hydrogen) atoms. The van der Waals surface area contributed by atoms with Crippen LogP contribution in [-0.2, 0) is 17.8 Å². The molecule has 1 N–H and O–H groups in total. The molecule has 1 amide bonds. The summed E-state index contributed by atoms with van der Waals surface area (Å²) >= 11 is 0. The van der Waals surface area contributed by atoms with E-state index in [-0.39, 0.29) is 5.92 Å². The maximum absolute atomic E-state index is 12.4. The summed E-state index contributed by atoms with van der Waals surface area (Å²) in [6, 6.07) is 4.04. The van der Waals surface area contributed by atoms with Gasteiger partial charge in [0, 0.05) is 37.9 Å². The third-order valence-electron chi connectivity index (χ3n) is 3.92. The van der Waals surface area contributed by atoms with Crippen molar-refractivity contribution in [3.05, 3.63) is 29.6 Å². The molecular formula is C14H19N3O. The Morgan fingerprint density at radius 1 is 1.50 bits per heavy atom. The molecule has 3 heterocycles. The molecule has 2 aliphatic heterocycles. The molecule has 1 aromatic heterocycles. The summed E-state index contributed by atoms with van der Waals surface area (Å²) in [5, 5.41) is 3.31. The molecule has 0 radical (unpaired) electrons. The lowest BCUT2D eigenvalue weighted by Crippen LogP contribution is -2.45. The van der Waals surface area contributed by atoms with Crippen molar-refractivity contribution in [3.63, 3.8) is 0 Å². The fourth-order valence-electron chi connectivity index (χ4n) is 2.87. The Hall–Kier alpha value is -1.42. The SMILES string of the molecule is O=C([C@H]1CCCNC1)N1CCc2ncccc2C1. The van der Waals surface area contributed by atoms with Crippen LogP contribution in [0.2, 0.25) is 0 Å². The molecule has 1 aromatic rings. The standard InChI is InChI=1S/C14H19N3O/c18-14(11-3-1-6-15-9-11)17-8-5-13-12(10-17)4-2-7-16-13/h2,4,7,11,15H,1,3,5-6,8-10H2/t11-/m0/s1. The van der Waals surface area contributed by atoms with Crippen molar-refractivity contribution in [2.24, 2.45) is 5.92 Å². The lowest BCUT2D eigenvalue weighted by Gasteiger charge is -2.32. The summed E-state index contributed by atoms with van der Waals surface area (Å²) in [5.74, 6) is 0.494. The number of pyridine rings is 1. The Labute approximate surface area is 107 Å². The second kappa shape index (κ2) is 5.06. The van der Waals surface area contributed by atoms with Crippen LogP contribution in [0.25, 0.3) is 0 Å². The number of amides is 1. The molecule has 4 heteroatoms. The van der Waals surface area contributed by atoms with Crippen molar-refractivity contribution in [2.45, 2.75) is 25.8 Å².